The summed E-state index contributed by atoms with van der Waals surface area (Å²) in [6.45, 7) is 13.6. The Morgan fingerprint density at radius 2 is 0.969 bits per heavy atom. The molecule has 190 valence electrons. The second-order valence-corrected chi connectivity index (χ2v) is 10.7. The molecule has 32 heavy (non-hydrogen) atoms. The SMILES string of the molecule is CC(C)COC(=O)CCCCCCCCCCCCCCC(C(=O)OCC(C)C)C(C)C. The van der Waals surface area contributed by atoms with Gasteiger partial charge in [-0.3, -0.25) is 9.59 Å². The number of carbonyl (C=O) groups excluding carboxylic acids is 2. The third-order valence-corrected chi connectivity index (χ3v) is 5.89. The van der Waals surface area contributed by atoms with Gasteiger partial charge in [0.05, 0.1) is 19.1 Å². The molecule has 0 aromatic heterocycles. The smallest absolute Gasteiger partial charge is 0.309 e. The molecule has 0 heterocycles. The molecule has 0 saturated carbocycles. The fourth-order valence-corrected chi connectivity index (χ4v) is 3.81. The van der Waals surface area contributed by atoms with Gasteiger partial charge in [0.1, 0.15) is 0 Å². The predicted octanol–water partition coefficient (Wildman–Crippen LogP) is 8.12. The number of carbonyl (C=O) groups is 2. The lowest BCUT2D eigenvalue weighted by Gasteiger charge is -2.20. The molecule has 4 nitrogen and oxygen atoms in total. The normalized spacial score (nSPS) is 12.5. The molecule has 1 atom stereocenters. The molecule has 0 aliphatic rings. The molecule has 0 aromatic carbocycles. The van der Waals surface area contributed by atoms with Crippen molar-refractivity contribution >= 4 is 11.9 Å². The number of unbranched alkanes of at least 4 members (excludes halogenated alkanes) is 11. The molecule has 4 heteroatoms. The van der Waals surface area contributed by atoms with E-state index >= 15 is 0 Å². The Balaban J connectivity index is 3.49. The van der Waals surface area contributed by atoms with Crippen molar-refractivity contribution in [3.63, 3.8) is 0 Å². The summed E-state index contributed by atoms with van der Waals surface area (Å²) in [5.41, 5.74) is 0. The fraction of sp³-hybridized carbons (Fsp3) is 0.929. The molecule has 0 fully saturated rings. The molecule has 0 aromatic rings. The average Bonchev–Trinajstić information content (AvgIpc) is 2.73. The molecule has 0 saturated heterocycles. The standard InChI is InChI=1S/C28H54O4/c1-23(2)21-31-27(29)20-18-16-14-12-10-8-7-9-11-13-15-17-19-26(25(5)6)28(30)32-22-24(3)4/h23-26H,7-22H2,1-6H3. The minimum absolute atomic E-state index is 0.000223. The Bertz CT molecular complexity index is 456. The van der Waals surface area contributed by atoms with Gasteiger partial charge in [-0.15, -0.1) is 0 Å². The zero-order valence-electron chi connectivity index (χ0n) is 22.3. The summed E-state index contributed by atoms with van der Waals surface area (Å²) in [6.07, 6.45) is 16.4. The van der Waals surface area contributed by atoms with Crippen LogP contribution >= 0.6 is 0 Å². The molecule has 0 bridgehead atoms. The maximum absolute atomic E-state index is 12.3. The maximum Gasteiger partial charge on any atom is 0.309 e. The maximum atomic E-state index is 12.3. The van der Waals surface area contributed by atoms with Crippen LogP contribution in [0, 0.1) is 23.7 Å². The van der Waals surface area contributed by atoms with Crippen LogP contribution in [0.5, 0.6) is 0 Å². The molecule has 0 aliphatic heterocycles. The Labute approximate surface area is 199 Å². The molecule has 0 radical (unpaired) electrons. The third kappa shape index (κ3) is 19.6. The van der Waals surface area contributed by atoms with Gasteiger partial charge in [0.15, 0.2) is 0 Å². The van der Waals surface area contributed by atoms with Gasteiger partial charge in [-0.1, -0.05) is 112 Å². The predicted molar refractivity (Wildman–Crippen MR) is 135 cm³/mol. The summed E-state index contributed by atoms with van der Waals surface area (Å²) in [5, 5.41) is 0. The highest BCUT2D eigenvalue weighted by Gasteiger charge is 2.23. The van der Waals surface area contributed by atoms with Gasteiger partial charge in [-0.2, -0.15) is 0 Å². The van der Waals surface area contributed by atoms with Crippen LogP contribution in [0.4, 0.5) is 0 Å². The Hall–Kier alpha value is -1.06. The van der Waals surface area contributed by atoms with Gasteiger partial charge in [-0.05, 0) is 30.6 Å². The number of ether oxygens (including phenoxy) is 2. The largest absolute Gasteiger partial charge is 0.465 e. The van der Waals surface area contributed by atoms with Gasteiger partial charge in [0.25, 0.3) is 0 Å². The van der Waals surface area contributed by atoms with E-state index in [1.807, 2.05) is 0 Å². The molecule has 0 amide bonds. The van der Waals surface area contributed by atoms with Crippen molar-refractivity contribution < 1.29 is 19.1 Å². The highest BCUT2D eigenvalue weighted by Crippen LogP contribution is 2.22. The van der Waals surface area contributed by atoms with Crippen LogP contribution < -0.4 is 0 Å². The van der Waals surface area contributed by atoms with Gasteiger partial charge in [0.2, 0.25) is 0 Å². The summed E-state index contributed by atoms with van der Waals surface area (Å²) in [6, 6.07) is 0. The summed E-state index contributed by atoms with van der Waals surface area (Å²) in [4.78, 5) is 23.8. The van der Waals surface area contributed by atoms with E-state index in [0.29, 0.717) is 37.4 Å². The molecule has 0 N–H and O–H groups in total. The number of rotatable bonds is 21. The lowest BCUT2D eigenvalue weighted by Crippen LogP contribution is -2.24. The number of esters is 2. The fourth-order valence-electron chi connectivity index (χ4n) is 3.81. The molecule has 0 aliphatic carbocycles. The summed E-state index contributed by atoms with van der Waals surface area (Å²) < 4.78 is 10.7. The monoisotopic (exact) mass is 454 g/mol. The van der Waals surface area contributed by atoms with Gasteiger partial charge >= 0.3 is 11.9 Å². The molecule has 0 spiro atoms. The van der Waals surface area contributed by atoms with E-state index in [1.54, 1.807) is 0 Å². The Morgan fingerprint density at radius 1 is 0.562 bits per heavy atom. The summed E-state index contributed by atoms with van der Waals surface area (Å²) in [7, 11) is 0. The van der Waals surface area contributed by atoms with E-state index in [-0.39, 0.29) is 17.9 Å². The number of hydrogen-bond acceptors (Lipinski definition) is 4. The molecule has 0 rings (SSSR count). The topological polar surface area (TPSA) is 52.6 Å². The molecular weight excluding hydrogens is 400 g/mol. The van der Waals surface area contributed by atoms with Gasteiger partial charge in [0, 0.05) is 6.42 Å². The van der Waals surface area contributed by atoms with E-state index < -0.39 is 0 Å². The molecular formula is C28H54O4. The van der Waals surface area contributed by atoms with Gasteiger partial charge in [-0.25, -0.2) is 0 Å². The van der Waals surface area contributed by atoms with E-state index in [0.717, 1.165) is 25.7 Å². The zero-order valence-corrected chi connectivity index (χ0v) is 22.3. The average molecular weight is 455 g/mol. The molecule has 1 unspecified atom stereocenters. The van der Waals surface area contributed by atoms with Crippen LogP contribution in [0.1, 0.15) is 131 Å². The lowest BCUT2D eigenvalue weighted by atomic mass is 9.90. The minimum Gasteiger partial charge on any atom is -0.465 e. The zero-order chi connectivity index (χ0) is 24.2. The van der Waals surface area contributed by atoms with Crippen molar-refractivity contribution in [3.05, 3.63) is 0 Å². The summed E-state index contributed by atoms with van der Waals surface area (Å²) in [5.74, 6) is 1.19. The van der Waals surface area contributed by atoms with Crippen LogP contribution in [0.25, 0.3) is 0 Å². The second kappa shape index (κ2) is 20.5. The van der Waals surface area contributed by atoms with Crippen molar-refractivity contribution in [3.8, 4) is 0 Å². The second-order valence-electron chi connectivity index (χ2n) is 10.7. The minimum atomic E-state index is -0.0375. The van der Waals surface area contributed by atoms with Crippen molar-refractivity contribution in [2.45, 2.75) is 131 Å². The highest BCUT2D eigenvalue weighted by molar-refractivity contribution is 5.72. The van der Waals surface area contributed by atoms with Crippen LogP contribution in [-0.4, -0.2) is 25.2 Å². The van der Waals surface area contributed by atoms with Crippen molar-refractivity contribution in [1.29, 1.82) is 0 Å². The first-order chi connectivity index (χ1) is 15.2. The third-order valence-electron chi connectivity index (χ3n) is 5.89. The first-order valence-corrected chi connectivity index (χ1v) is 13.6. The van der Waals surface area contributed by atoms with Crippen LogP contribution in [0.15, 0.2) is 0 Å². The highest BCUT2D eigenvalue weighted by atomic mass is 16.5. The Kier molecular flexibility index (Phi) is 19.9. The first kappa shape index (κ1) is 30.9. The van der Waals surface area contributed by atoms with Crippen LogP contribution in [-0.2, 0) is 19.1 Å². The van der Waals surface area contributed by atoms with Crippen molar-refractivity contribution in [2.75, 3.05) is 13.2 Å². The van der Waals surface area contributed by atoms with E-state index in [4.69, 9.17) is 9.47 Å². The quantitative estimate of drug-likeness (QED) is 0.130. The summed E-state index contributed by atoms with van der Waals surface area (Å²) >= 11 is 0. The first-order valence-electron chi connectivity index (χ1n) is 13.6. The number of hydrogen-bond donors (Lipinski definition) is 0. The van der Waals surface area contributed by atoms with E-state index in [2.05, 4.69) is 41.5 Å². The van der Waals surface area contributed by atoms with Gasteiger partial charge < -0.3 is 9.47 Å². The Morgan fingerprint density at radius 3 is 1.41 bits per heavy atom. The lowest BCUT2D eigenvalue weighted by molar-refractivity contribution is -0.151. The van der Waals surface area contributed by atoms with Crippen molar-refractivity contribution in [1.82, 2.24) is 0 Å². The van der Waals surface area contributed by atoms with Crippen LogP contribution in [0.2, 0.25) is 0 Å². The van der Waals surface area contributed by atoms with Crippen molar-refractivity contribution in [2.24, 2.45) is 23.7 Å². The van der Waals surface area contributed by atoms with E-state index in [9.17, 15) is 9.59 Å². The van der Waals surface area contributed by atoms with Crippen LogP contribution in [0.3, 0.4) is 0 Å². The van der Waals surface area contributed by atoms with E-state index in [1.165, 1.54) is 57.8 Å².